The topological polar surface area (TPSA) is 0 Å². The lowest BCUT2D eigenvalue weighted by Crippen LogP contribution is -2.40. The van der Waals surface area contributed by atoms with Gasteiger partial charge in [-0.2, -0.15) is 26.3 Å². The number of alkyl halides is 8. The van der Waals surface area contributed by atoms with Crippen LogP contribution in [0.15, 0.2) is 0 Å². The normalized spacial score (nSPS) is 19.0. The first-order valence-corrected chi connectivity index (χ1v) is 4.31. The van der Waals surface area contributed by atoms with Crippen LogP contribution in [0.25, 0.3) is 0 Å². The van der Waals surface area contributed by atoms with Crippen LogP contribution >= 0.6 is 31.9 Å². The van der Waals surface area contributed by atoms with Gasteiger partial charge in [-0.3, -0.25) is 0 Å². The fraction of sp³-hybridized carbons (Fsp3) is 1.00. The van der Waals surface area contributed by atoms with Crippen LogP contribution in [-0.4, -0.2) is 22.0 Å². The lowest BCUT2D eigenvalue weighted by atomic mass is 10.3. The fourth-order valence-corrected chi connectivity index (χ4v) is 0.931. The highest BCUT2D eigenvalue weighted by atomic mass is 79.9. The Balaban J connectivity index is 4.41. The van der Waals surface area contributed by atoms with Gasteiger partial charge < -0.3 is 0 Å². The molecule has 0 aliphatic carbocycles. The third-order valence-corrected chi connectivity index (χ3v) is 3.69. The van der Waals surface area contributed by atoms with Crippen molar-refractivity contribution in [2.24, 2.45) is 0 Å². The second-order valence-electron chi connectivity index (χ2n) is 1.89. The van der Waals surface area contributed by atoms with Crippen molar-refractivity contribution >= 4 is 31.9 Å². The Morgan fingerprint density at radius 2 is 0.833 bits per heavy atom. The number of hydrogen-bond acceptors (Lipinski definition) is 0. The van der Waals surface area contributed by atoms with Crippen LogP contribution in [0.5, 0.6) is 0 Å². The summed E-state index contributed by atoms with van der Waals surface area (Å²) in [6.45, 7) is 0. The summed E-state index contributed by atoms with van der Waals surface area (Å²) in [4.78, 5) is -5.24. The SMILES string of the molecule is FC(F)(F)[C@H](Br)[C@H](Br)C(F)(F)F. The van der Waals surface area contributed by atoms with Crippen LogP contribution in [-0.2, 0) is 0 Å². The largest absolute Gasteiger partial charge is 0.402 e. The van der Waals surface area contributed by atoms with E-state index in [1.165, 1.54) is 0 Å². The maximum absolute atomic E-state index is 11.7. The zero-order chi connectivity index (χ0) is 10.2. The zero-order valence-electron chi connectivity index (χ0n) is 5.18. The van der Waals surface area contributed by atoms with Gasteiger partial charge >= 0.3 is 12.4 Å². The van der Waals surface area contributed by atoms with Crippen LogP contribution in [0.4, 0.5) is 26.3 Å². The second kappa shape index (κ2) is 3.73. The van der Waals surface area contributed by atoms with Crippen molar-refractivity contribution in [2.75, 3.05) is 0 Å². The smallest absolute Gasteiger partial charge is 0.170 e. The highest BCUT2D eigenvalue weighted by Gasteiger charge is 2.52. The van der Waals surface area contributed by atoms with Gasteiger partial charge in [0.1, 0.15) is 9.65 Å². The van der Waals surface area contributed by atoms with Gasteiger partial charge in [0.05, 0.1) is 0 Å². The highest BCUT2D eigenvalue weighted by molar-refractivity contribution is 9.12. The molecule has 0 radical (unpaired) electrons. The lowest BCUT2D eigenvalue weighted by Gasteiger charge is -2.21. The van der Waals surface area contributed by atoms with E-state index in [2.05, 4.69) is 0 Å². The molecule has 8 heteroatoms. The fourth-order valence-electron chi connectivity index (χ4n) is 0.332. The van der Waals surface area contributed by atoms with Crippen LogP contribution in [0.1, 0.15) is 0 Å². The molecule has 0 heterocycles. The van der Waals surface area contributed by atoms with Gasteiger partial charge in [-0.15, -0.1) is 0 Å². The Labute approximate surface area is 80.6 Å². The molecule has 0 nitrogen and oxygen atoms in total. The molecule has 12 heavy (non-hydrogen) atoms. The molecule has 74 valence electrons. The molecular weight excluding hydrogens is 322 g/mol. The van der Waals surface area contributed by atoms with E-state index >= 15 is 0 Å². The van der Waals surface area contributed by atoms with Crippen LogP contribution in [0, 0.1) is 0 Å². The molecule has 0 amide bonds. The molecule has 0 aromatic carbocycles. The number of rotatable bonds is 1. The molecule has 2 atom stereocenters. The first-order chi connectivity index (χ1) is 5.07. The van der Waals surface area contributed by atoms with Gasteiger partial charge in [-0.25, -0.2) is 0 Å². The quantitative estimate of drug-likeness (QED) is 0.510. The van der Waals surface area contributed by atoms with Gasteiger partial charge in [-0.1, -0.05) is 31.9 Å². The molecule has 0 bridgehead atoms. The van der Waals surface area contributed by atoms with Crippen molar-refractivity contribution < 1.29 is 26.3 Å². The van der Waals surface area contributed by atoms with Gasteiger partial charge in [0.2, 0.25) is 0 Å². The van der Waals surface area contributed by atoms with E-state index in [4.69, 9.17) is 0 Å². The Morgan fingerprint density at radius 3 is 0.917 bits per heavy atom. The first kappa shape index (κ1) is 12.5. The summed E-state index contributed by atoms with van der Waals surface area (Å²) in [7, 11) is 0. The second-order valence-corrected chi connectivity index (χ2v) is 3.86. The number of hydrogen-bond donors (Lipinski definition) is 0. The molecule has 0 aromatic rings. The molecule has 0 unspecified atom stereocenters. The Bertz CT molecular complexity index is 131. The maximum atomic E-state index is 11.7. The van der Waals surface area contributed by atoms with Crippen LogP contribution in [0.2, 0.25) is 0 Å². The highest BCUT2D eigenvalue weighted by Crippen LogP contribution is 2.39. The summed E-state index contributed by atoms with van der Waals surface area (Å²) in [5, 5.41) is 0. The molecule has 0 aliphatic heterocycles. The minimum absolute atomic E-state index is 1.91. The van der Waals surface area contributed by atoms with Crippen molar-refractivity contribution in [1.29, 1.82) is 0 Å². The summed E-state index contributed by atoms with van der Waals surface area (Å²) in [5.41, 5.74) is 0. The molecule has 0 aliphatic rings. The standard InChI is InChI=1S/C4H2Br2F6/c5-1(3(7,8)9)2(6)4(10,11)12/h1-2H/t1-,2+. The van der Waals surface area contributed by atoms with E-state index in [1.807, 2.05) is 31.9 Å². The lowest BCUT2D eigenvalue weighted by molar-refractivity contribution is -0.171. The van der Waals surface area contributed by atoms with Gasteiger partial charge in [0, 0.05) is 0 Å². The van der Waals surface area contributed by atoms with E-state index in [-0.39, 0.29) is 0 Å². The average Bonchev–Trinajstić information content (AvgIpc) is 1.80. The third-order valence-electron chi connectivity index (χ3n) is 0.882. The Morgan fingerprint density at radius 1 is 0.667 bits per heavy atom. The van der Waals surface area contributed by atoms with E-state index in [0.29, 0.717) is 0 Å². The van der Waals surface area contributed by atoms with E-state index < -0.39 is 22.0 Å². The van der Waals surface area contributed by atoms with Crippen molar-refractivity contribution in [3.05, 3.63) is 0 Å². The summed E-state index contributed by atoms with van der Waals surface area (Å²) < 4.78 is 69.9. The molecule has 0 aromatic heterocycles. The van der Waals surface area contributed by atoms with Gasteiger partial charge in [0.15, 0.2) is 0 Å². The Kier molecular flexibility index (Phi) is 3.90. The molecule has 0 N–H and O–H groups in total. The summed E-state index contributed by atoms with van der Waals surface area (Å²) in [5.74, 6) is 0. The summed E-state index contributed by atoms with van der Waals surface area (Å²) in [6, 6.07) is 0. The van der Waals surface area contributed by atoms with Crippen LogP contribution in [0.3, 0.4) is 0 Å². The van der Waals surface area contributed by atoms with Gasteiger partial charge in [0.25, 0.3) is 0 Å². The molecule has 0 spiro atoms. The van der Waals surface area contributed by atoms with Crippen molar-refractivity contribution in [2.45, 2.75) is 22.0 Å². The third kappa shape index (κ3) is 3.51. The number of halogens is 8. The maximum Gasteiger partial charge on any atom is 0.402 e. The Hall–Kier alpha value is 0.540. The molecule has 0 rings (SSSR count). The van der Waals surface area contributed by atoms with Crippen LogP contribution < -0.4 is 0 Å². The average molecular weight is 324 g/mol. The monoisotopic (exact) mass is 322 g/mol. The van der Waals surface area contributed by atoms with E-state index in [1.54, 1.807) is 0 Å². The van der Waals surface area contributed by atoms with Crippen molar-refractivity contribution in [3.63, 3.8) is 0 Å². The molecular formula is C4H2Br2F6. The molecule has 0 saturated carbocycles. The van der Waals surface area contributed by atoms with Crippen molar-refractivity contribution in [1.82, 2.24) is 0 Å². The minimum atomic E-state index is -4.91. The predicted molar refractivity (Wildman–Crippen MR) is 37.5 cm³/mol. The van der Waals surface area contributed by atoms with E-state index in [0.717, 1.165) is 0 Å². The summed E-state index contributed by atoms with van der Waals surface area (Å²) >= 11 is 3.82. The predicted octanol–water partition coefficient (Wildman–Crippen LogP) is 3.64. The molecule has 0 saturated heterocycles. The van der Waals surface area contributed by atoms with E-state index in [9.17, 15) is 26.3 Å². The van der Waals surface area contributed by atoms with Crippen molar-refractivity contribution in [3.8, 4) is 0 Å². The van der Waals surface area contributed by atoms with Gasteiger partial charge in [-0.05, 0) is 0 Å². The minimum Gasteiger partial charge on any atom is -0.170 e. The molecule has 0 fully saturated rings. The first-order valence-electron chi connectivity index (χ1n) is 2.48. The summed E-state index contributed by atoms with van der Waals surface area (Å²) in [6.07, 6.45) is -9.83. The zero-order valence-corrected chi connectivity index (χ0v) is 8.35.